The number of hydrogen-bond acceptors (Lipinski definition) is 3. The van der Waals surface area contributed by atoms with E-state index < -0.39 is 0 Å². The number of nitrogens with one attached hydrogen (secondary N) is 1. The van der Waals surface area contributed by atoms with Crippen molar-refractivity contribution in [3.63, 3.8) is 0 Å². The van der Waals surface area contributed by atoms with Gasteiger partial charge in [0.25, 0.3) is 5.91 Å². The highest BCUT2D eigenvalue weighted by molar-refractivity contribution is 6.31. The van der Waals surface area contributed by atoms with Gasteiger partial charge in [0.2, 0.25) is 0 Å². The van der Waals surface area contributed by atoms with Gasteiger partial charge >= 0.3 is 0 Å². The third kappa shape index (κ3) is 5.21. The Kier molecular flexibility index (Phi) is 6.85. The summed E-state index contributed by atoms with van der Waals surface area (Å²) in [6.07, 6.45) is 0. The third-order valence-electron chi connectivity index (χ3n) is 4.14. The molecule has 1 amide bonds. The van der Waals surface area contributed by atoms with Crippen LogP contribution in [-0.2, 0) is 4.79 Å². The smallest absolute Gasteiger partial charge is 0.258 e. The van der Waals surface area contributed by atoms with E-state index in [9.17, 15) is 4.79 Å². The molecule has 4 nitrogen and oxygen atoms in total. The lowest BCUT2D eigenvalue weighted by Crippen LogP contribution is -2.37. The Balaban J connectivity index is 1.95. The Morgan fingerprint density at radius 2 is 1.76 bits per heavy atom. The fraction of sp³-hybridized carbons (Fsp3) is 0.350. The lowest BCUT2D eigenvalue weighted by molar-refractivity contribution is -0.123. The molecule has 0 saturated heterocycles. The van der Waals surface area contributed by atoms with Crippen LogP contribution < -0.4 is 10.1 Å². The summed E-state index contributed by atoms with van der Waals surface area (Å²) in [6.45, 7) is 4.40. The number of aryl methyl sites for hydroxylation is 2. The van der Waals surface area contributed by atoms with Gasteiger partial charge < -0.3 is 15.0 Å². The minimum atomic E-state index is -0.151. The lowest BCUT2D eigenvalue weighted by atomic mass is 10.1. The molecule has 0 spiro atoms. The summed E-state index contributed by atoms with van der Waals surface area (Å²) in [5.41, 5.74) is 3.04. The summed E-state index contributed by atoms with van der Waals surface area (Å²) in [7, 11) is 3.93. The zero-order valence-corrected chi connectivity index (χ0v) is 15.9. The fourth-order valence-electron chi connectivity index (χ4n) is 2.74. The molecule has 0 bridgehead atoms. The van der Waals surface area contributed by atoms with Crippen LogP contribution >= 0.6 is 11.6 Å². The Bertz CT molecular complexity index is 711. The molecule has 0 aliphatic heterocycles. The van der Waals surface area contributed by atoms with Gasteiger partial charge in [-0.05, 0) is 50.7 Å². The van der Waals surface area contributed by atoms with E-state index in [1.165, 1.54) is 0 Å². The number of para-hydroxylation sites is 1. The first-order valence-corrected chi connectivity index (χ1v) is 8.64. The number of ether oxygens (including phenoxy) is 1. The van der Waals surface area contributed by atoms with E-state index in [-0.39, 0.29) is 18.6 Å². The molecule has 1 unspecified atom stereocenters. The van der Waals surface area contributed by atoms with Gasteiger partial charge in [-0.1, -0.05) is 48.0 Å². The first kappa shape index (κ1) is 19.3. The van der Waals surface area contributed by atoms with E-state index in [0.29, 0.717) is 11.6 Å². The Morgan fingerprint density at radius 1 is 1.12 bits per heavy atom. The number of rotatable bonds is 7. The Labute approximate surface area is 154 Å². The quantitative estimate of drug-likeness (QED) is 0.817. The molecule has 0 saturated carbocycles. The van der Waals surface area contributed by atoms with Crippen LogP contribution in [0.2, 0.25) is 5.02 Å². The fourth-order valence-corrected chi connectivity index (χ4v) is 3.00. The maximum atomic E-state index is 12.2. The molecule has 0 aromatic heterocycles. The molecule has 134 valence electrons. The van der Waals surface area contributed by atoms with Crippen molar-refractivity contribution in [3.8, 4) is 5.75 Å². The molecular weight excluding hydrogens is 336 g/mol. The van der Waals surface area contributed by atoms with Crippen LogP contribution in [0, 0.1) is 13.8 Å². The monoisotopic (exact) mass is 360 g/mol. The highest BCUT2D eigenvalue weighted by atomic mass is 35.5. The molecule has 0 aliphatic rings. The topological polar surface area (TPSA) is 41.6 Å². The molecular formula is C20H25ClN2O2. The second kappa shape index (κ2) is 8.88. The molecule has 0 aliphatic carbocycles. The molecule has 2 aromatic carbocycles. The van der Waals surface area contributed by atoms with E-state index in [1.54, 1.807) is 0 Å². The van der Waals surface area contributed by atoms with Gasteiger partial charge in [-0.3, -0.25) is 4.79 Å². The van der Waals surface area contributed by atoms with E-state index in [1.807, 2.05) is 75.3 Å². The molecule has 25 heavy (non-hydrogen) atoms. The largest absolute Gasteiger partial charge is 0.483 e. The standard InChI is InChI=1S/C20H25ClN2O2/c1-14-8-7-9-15(2)20(14)25-13-19(24)22-12-18(23(3)4)16-10-5-6-11-17(16)21/h5-11,18H,12-13H2,1-4H3,(H,22,24). The summed E-state index contributed by atoms with van der Waals surface area (Å²) < 4.78 is 5.70. The molecule has 5 heteroatoms. The summed E-state index contributed by atoms with van der Waals surface area (Å²) in [5, 5.41) is 3.63. The minimum absolute atomic E-state index is 0.00199. The maximum absolute atomic E-state index is 12.2. The zero-order chi connectivity index (χ0) is 18.4. The van der Waals surface area contributed by atoms with E-state index >= 15 is 0 Å². The third-order valence-corrected chi connectivity index (χ3v) is 4.48. The van der Waals surface area contributed by atoms with Crippen LogP contribution in [0.15, 0.2) is 42.5 Å². The van der Waals surface area contributed by atoms with Crippen molar-refractivity contribution in [2.75, 3.05) is 27.2 Å². The van der Waals surface area contributed by atoms with Gasteiger partial charge in [-0.15, -0.1) is 0 Å². The van der Waals surface area contributed by atoms with Gasteiger partial charge in [0.05, 0.1) is 6.04 Å². The number of nitrogens with zero attached hydrogens (tertiary/aromatic N) is 1. The number of halogens is 1. The van der Waals surface area contributed by atoms with Crippen LogP contribution in [0.1, 0.15) is 22.7 Å². The SMILES string of the molecule is Cc1cccc(C)c1OCC(=O)NCC(c1ccccc1Cl)N(C)C. The summed E-state index contributed by atoms with van der Waals surface area (Å²) >= 11 is 6.29. The van der Waals surface area contributed by atoms with Crippen molar-refractivity contribution in [1.29, 1.82) is 0 Å². The number of hydrogen-bond donors (Lipinski definition) is 1. The predicted molar refractivity (Wildman–Crippen MR) is 102 cm³/mol. The van der Waals surface area contributed by atoms with Crippen molar-refractivity contribution in [2.45, 2.75) is 19.9 Å². The van der Waals surface area contributed by atoms with Crippen LogP contribution in [0.4, 0.5) is 0 Å². The first-order chi connectivity index (χ1) is 11.9. The van der Waals surface area contributed by atoms with Gasteiger partial charge in [-0.2, -0.15) is 0 Å². The maximum Gasteiger partial charge on any atom is 0.258 e. The molecule has 2 rings (SSSR count). The number of benzene rings is 2. The highest BCUT2D eigenvalue weighted by Gasteiger charge is 2.18. The second-order valence-electron chi connectivity index (χ2n) is 6.31. The summed E-state index contributed by atoms with van der Waals surface area (Å²) in [5.74, 6) is 0.620. The second-order valence-corrected chi connectivity index (χ2v) is 6.72. The Morgan fingerprint density at radius 3 is 2.36 bits per heavy atom. The van der Waals surface area contributed by atoms with E-state index in [0.717, 1.165) is 22.4 Å². The van der Waals surface area contributed by atoms with Gasteiger partial charge in [0.1, 0.15) is 5.75 Å². The van der Waals surface area contributed by atoms with Crippen LogP contribution in [-0.4, -0.2) is 38.1 Å². The minimum Gasteiger partial charge on any atom is -0.483 e. The average Bonchev–Trinajstić information content (AvgIpc) is 2.56. The number of carbonyl (C=O) groups is 1. The van der Waals surface area contributed by atoms with Crippen LogP contribution in [0.25, 0.3) is 0 Å². The average molecular weight is 361 g/mol. The zero-order valence-electron chi connectivity index (χ0n) is 15.2. The lowest BCUT2D eigenvalue weighted by Gasteiger charge is -2.26. The Hall–Kier alpha value is -2.04. The van der Waals surface area contributed by atoms with E-state index in [2.05, 4.69) is 5.32 Å². The van der Waals surface area contributed by atoms with Crippen LogP contribution in [0.5, 0.6) is 5.75 Å². The molecule has 0 heterocycles. The summed E-state index contributed by atoms with van der Waals surface area (Å²) in [4.78, 5) is 14.2. The number of amides is 1. The first-order valence-electron chi connectivity index (χ1n) is 8.26. The molecule has 1 N–H and O–H groups in total. The van der Waals surface area contributed by atoms with Gasteiger partial charge in [0.15, 0.2) is 6.61 Å². The van der Waals surface area contributed by atoms with Crippen molar-refractivity contribution in [3.05, 3.63) is 64.2 Å². The highest BCUT2D eigenvalue weighted by Crippen LogP contribution is 2.25. The van der Waals surface area contributed by atoms with Crippen molar-refractivity contribution in [1.82, 2.24) is 10.2 Å². The molecule has 0 fully saturated rings. The van der Waals surface area contributed by atoms with Gasteiger partial charge in [0, 0.05) is 11.6 Å². The normalized spacial score (nSPS) is 12.1. The number of carbonyl (C=O) groups excluding carboxylic acids is 1. The van der Waals surface area contributed by atoms with E-state index in [4.69, 9.17) is 16.3 Å². The summed E-state index contributed by atoms with van der Waals surface area (Å²) in [6, 6.07) is 13.6. The van der Waals surface area contributed by atoms with Crippen molar-refractivity contribution >= 4 is 17.5 Å². The molecule has 0 radical (unpaired) electrons. The number of likely N-dealkylation sites (N-methyl/N-ethyl adjacent to an activating group) is 1. The predicted octanol–water partition coefficient (Wildman–Crippen LogP) is 3.75. The van der Waals surface area contributed by atoms with Gasteiger partial charge in [-0.25, -0.2) is 0 Å². The van der Waals surface area contributed by atoms with Crippen molar-refractivity contribution in [2.24, 2.45) is 0 Å². The van der Waals surface area contributed by atoms with Crippen LogP contribution in [0.3, 0.4) is 0 Å². The van der Waals surface area contributed by atoms with Crippen molar-refractivity contribution < 1.29 is 9.53 Å². The molecule has 2 aromatic rings. The molecule has 1 atom stereocenters.